The van der Waals surface area contributed by atoms with Crippen molar-refractivity contribution < 1.29 is 13.9 Å². The van der Waals surface area contributed by atoms with Crippen molar-refractivity contribution in [3.63, 3.8) is 0 Å². The molecule has 0 saturated carbocycles. The summed E-state index contributed by atoms with van der Waals surface area (Å²) in [4.78, 5) is 16.1. The summed E-state index contributed by atoms with van der Waals surface area (Å²) in [6, 6.07) is 11.1. The van der Waals surface area contributed by atoms with E-state index in [1.54, 1.807) is 25.5 Å². The lowest BCUT2D eigenvalue weighted by atomic mass is 10.2. The quantitative estimate of drug-likeness (QED) is 0.293. The number of hydrogen-bond donors (Lipinski definition) is 3. The Morgan fingerprint density at radius 2 is 2.22 bits per heavy atom. The highest BCUT2D eigenvalue weighted by Crippen LogP contribution is 2.14. The van der Waals surface area contributed by atoms with E-state index in [9.17, 15) is 4.79 Å². The Hall–Kier alpha value is -3.27. The maximum absolute atomic E-state index is 12.0. The second-order valence-electron chi connectivity index (χ2n) is 5.27. The fourth-order valence-corrected chi connectivity index (χ4v) is 2.64. The first-order valence-corrected chi connectivity index (χ1v) is 8.99. The number of rotatable bonds is 9. The van der Waals surface area contributed by atoms with Crippen molar-refractivity contribution in [2.75, 3.05) is 18.3 Å². The van der Waals surface area contributed by atoms with Crippen molar-refractivity contribution in [3.05, 3.63) is 54.0 Å². The minimum absolute atomic E-state index is 0.106. The zero-order valence-electron chi connectivity index (χ0n) is 14.5. The fraction of sp³-hybridized carbons (Fsp3) is 0.176. The summed E-state index contributed by atoms with van der Waals surface area (Å²) in [6.07, 6.45) is 3.08. The second-order valence-corrected chi connectivity index (χ2v) is 6.21. The fourth-order valence-electron chi connectivity index (χ4n) is 2.01. The lowest BCUT2D eigenvalue weighted by Gasteiger charge is -2.05. The zero-order valence-corrected chi connectivity index (χ0v) is 15.3. The molecular formula is C17H18N6O3S. The highest BCUT2D eigenvalue weighted by molar-refractivity contribution is 7.99. The van der Waals surface area contributed by atoms with Gasteiger partial charge in [0.1, 0.15) is 11.5 Å². The maximum atomic E-state index is 12.0. The molecule has 0 unspecified atom stereocenters. The van der Waals surface area contributed by atoms with Crippen LogP contribution >= 0.6 is 11.8 Å². The third-order valence-corrected chi connectivity index (χ3v) is 4.20. The van der Waals surface area contributed by atoms with Crippen LogP contribution in [0.3, 0.4) is 0 Å². The molecule has 1 amide bonds. The van der Waals surface area contributed by atoms with E-state index in [0.717, 1.165) is 11.3 Å². The van der Waals surface area contributed by atoms with E-state index in [1.165, 1.54) is 18.0 Å². The van der Waals surface area contributed by atoms with Crippen LogP contribution in [0.2, 0.25) is 0 Å². The summed E-state index contributed by atoms with van der Waals surface area (Å²) in [5.41, 5.74) is 3.70. The number of aromatic amines is 1. The number of H-pyrrole nitrogens is 1. The standard InChI is InChI=1S/C17H18N6O3S/c1-25-13-6-4-12(5-7-13)9-18-15(24)11-27-17-20-16(22-23-17)21-19-10-14-3-2-8-26-14/h2-8,10H,9,11H2,1H3,(H,18,24)(H2,20,21,22,23)/b19-10-. The molecule has 0 aliphatic carbocycles. The minimum Gasteiger partial charge on any atom is -0.497 e. The van der Waals surface area contributed by atoms with Gasteiger partial charge in [-0.1, -0.05) is 23.9 Å². The van der Waals surface area contributed by atoms with E-state index in [1.807, 2.05) is 24.3 Å². The molecule has 10 heteroatoms. The van der Waals surface area contributed by atoms with Crippen molar-refractivity contribution in [1.82, 2.24) is 20.5 Å². The summed E-state index contributed by atoms with van der Waals surface area (Å²) in [5.74, 6) is 1.88. The molecule has 9 nitrogen and oxygen atoms in total. The summed E-state index contributed by atoms with van der Waals surface area (Å²) < 4.78 is 10.2. The van der Waals surface area contributed by atoms with Gasteiger partial charge in [0.15, 0.2) is 0 Å². The molecule has 0 atom stereocenters. The smallest absolute Gasteiger partial charge is 0.240 e. The van der Waals surface area contributed by atoms with Gasteiger partial charge in [0.25, 0.3) is 0 Å². The largest absolute Gasteiger partial charge is 0.497 e. The maximum Gasteiger partial charge on any atom is 0.240 e. The van der Waals surface area contributed by atoms with Crippen LogP contribution in [-0.4, -0.2) is 40.2 Å². The zero-order chi connectivity index (χ0) is 18.9. The van der Waals surface area contributed by atoms with Gasteiger partial charge in [0.05, 0.1) is 25.3 Å². The molecule has 3 N–H and O–H groups in total. The molecule has 3 rings (SSSR count). The Morgan fingerprint density at radius 1 is 1.37 bits per heavy atom. The molecular weight excluding hydrogens is 368 g/mol. The van der Waals surface area contributed by atoms with Crippen molar-refractivity contribution in [1.29, 1.82) is 0 Å². The van der Waals surface area contributed by atoms with E-state index >= 15 is 0 Å². The number of aromatic nitrogens is 3. The Kier molecular flexibility index (Phi) is 6.47. The van der Waals surface area contributed by atoms with Crippen LogP contribution in [-0.2, 0) is 11.3 Å². The molecule has 0 saturated heterocycles. The van der Waals surface area contributed by atoms with Crippen LogP contribution in [0, 0.1) is 0 Å². The average molecular weight is 386 g/mol. The molecule has 27 heavy (non-hydrogen) atoms. The summed E-state index contributed by atoms with van der Waals surface area (Å²) in [6.45, 7) is 0.450. The van der Waals surface area contributed by atoms with Crippen LogP contribution in [0.25, 0.3) is 0 Å². The van der Waals surface area contributed by atoms with Crippen LogP contribution < -0.4 is 15.5 Å². The lowest BCUT2D eigenvalue weighted by Crippen LogP contribution is -2.24. The number of anilines is 1. The van der Waals surface area contributed by atoms with Gasteiger partial charge in [-0.3, -0.25) is 4.79 Å². The molecule has 0 fully saturated rings. The van der Waals surface area contributed by atoms with Gasteiger partial charge in [-0.25, -0.2) is 10.5 Å². The van der Waals surface area contributed by atoms with Gasteiger partial charge in [0.2, 0.25) is 17.0 Å². The number of carbonyl (C=O) groups is 1. The van der Waals surface area contributed by atoms with Crippen LogP contribution in [0.15, 0.2) is 57.3 Å². The molecule has 140 valence electrons. The second kappa shape index (κ2) is 9.43. The first-order chi connectivity index (χ1) is 13.2. The molecule has 0 bridgehead atoms. The van der Waals surface area contributed by atoms with Gasteiger partial charge < -0.3 is 14.5 Å². The van der Waals surface area contributed by atoms with E-state index in [-0.39, 0.29) is 11.7 Å². The number of amides is 1. The highest BCUT2D eigenvalue weighted by atomic mass is 32.2. The van der Waals surface area contributed by atoms with Crippen LogP contribution in [0.5, 0.6) is 5.75 Å². The SMILES string of the molecule is COc1ccc(CNC(=O)CSc2n[nH]c(N/N=C\c3ccco3)n2)cc1. The average Bonchev–Trinajstić information content (AvgIpc) is 3.37. The van der Waals surface area contributed by atoms with Gasteiger partial charge in [0, 0.05) is 6.54 Å². The minimum atomic E-state index is -0.106. The predicted octanol–water partition coefficient (Wildman–Crippen LogP) is 2.26. The van der Waals surface area contributed by atoms with Crippen molar-refractivity contribution in [2.24, 2.45) is 5.10 Å². The molecule has 0 radical (unpaired) electrons. The van der Waals surface area contributed by atoms with Gasteiger partial charge in [-0.05, 0) is 29.8 Å². The number of carbonyl (C=O) groups excluding carboxylic acids is 1. The highest BCUT2D eigenvalue weighted by Gasteiger charge is 2.07. The topological polar surface area (TPSA) is 117 Å². The molecule has 0 aliphatic rings. The number of thioether (sulfide) groups is 1. The molecule has 2 aromatic heterocycles. The number of methoxy groups -OCH3 is 1. The number of hydrazone groups is 1. The van der Waals surface area contributed by atoms with E-state index < -0.39 is 0 Å². The number of benzene rings is 1. The van der Waals surface area contributed by atoms with Crippen LogP contribution in [0.1, 0.15) is 11.3 Å². The van der Waals surface area contributed by atoms with Crippen molar-refractivity contribution in [2.45, 2.75) is 11.7 Å². The number of ether oxygens (including phenoxy) is 1. The molecule has 0 spiro atoms. The van der Waals surface area contributed by atoms with Gasteiger partial charge in [-0.15, -0.1) is 5.10 Å². The van der Waals surface area contributed by atoms with Crippen LogP contribution in [0.4, 0.5) is 5.95 Å². The number of furan rings is 1. The summed E-state index contributed by atoms with van der Waals surface area (Å²) in [5, 5.41) is 14.0. The molecule has 1 aromatic carbocycles. The third kappa shape index (κ3) is 5.89. The molecule has 3 aromatic rings. The van der Waals surface area contributed by atoms with E-state index in [4.69, 9.17) is 9.15 Å². The first-order valence-electron chi connectivity index (χ1n) is 8.00. The summed E-state index contributed by atoms with van der Waals surface area (Å²) in [7, 11) is 1.61. The number of hydrogen-bond acceptors (Lipinski definition) is 8. The Bertz CT molecular complexity index is 876. The number of nitrogens with zero attached hydrogens (tertiary/aromatic N) is 3. The molecule has 0 aliphatic heterocycles. The predicted molar refractivity (Wildman–Crippen MR) is 102 cm³/mol. The van der Waals surface area contributed by atoms with E-state index in [2.05, 4.69) is 31.0 Å². The lowest BCUT2D eigenvalue weighted by molar-refractivity contribution is -0.118. The molecule has 2 heterocycles. The Labute approximate surface area is 159 Å². The number of nitrogens with one attached hydrogen (secondary N) is 3. The first kappa shape index (κ1) is 18.5. The monoisotopic (exact) mass is 386 g/mol. The van der Waals surface area contributed by atoms with Crippen molar-refractivity contribution in [3.8, 4) is 5.75 Å². The van der Waals surface area contributed by atoms with Gasteiger partial charge in [-0.2, -0.15) is 10.1 Å². The Balaban J connectivity index is 1.39. The van der Waals surface area contributed by atoms with E-state index in [0.29, 0.717) is 23.4 Å². The van der Waals surface area contributed by atoms with Crippen molar-refractivity contribution >= 4 is 29.8 Å². The third-order valence-electron chi connectivity index (χ3n) is 3.35. The summed E-state index contributed by atoms with van der Waals surface area (Å²) >= 11 is 1.23. The Morgan fingerprint density at radius 3 is 2.96 bits per heavy atom. The van der Waals surface area contributed by atoms with Gasteiger partial charge >= 0.3 is 0 Å². The normalized spacial score (nSPS) is 10.9.